The number of amides is 1. The minimum absolute atomic E-state index is 0.0518. The fourth-order valence-corrected chi connectivity index (χ4v) is 13.5. The highest BCUT2D eigenvalue weighted by atomic mass is 16.6. The molecule has 0 aromatic heterocycles. The van der Waals surface area contributed by atoms with Crippen molar-refractivity contribution in [2.75, 3.05) is 19.7 Å². The van der Waals surface area contributed by atoms with Crippen molar-refractivity contribution in [3.63, 3.8) is 0 Å². The molecule has 0 heterocycles. The molecule has 6 heteroatoms. The summed E-state index contributed by atoms with van der Waals surface area (Å²) >= 11 is 0. The number of ether oxygens (including phenoxy) is 1. The van der Waals surface area contributed by atoms with Crippen molar-refractivity contribution in [3.8, 4) is 0 Å². The molecule has 11 atom stereocenters. The van der Waals surface area contributed by atoms with E-state index in [1.54, 1.807) is 0 Å². The fraction of sp³-hybridized carbons (Fsp3) is 0.714. The normalized spacial score (nSPS) is 46.0. The quantitative estimate of drug-likeness (QED) is 0.230. The third-order valence-electron chi connectivity index (χ3n) is 16.4. The second kappa shape index (κ2) is 10.8. The van der Waals surface area contributed by atoms with E-state index in [1.165, 1.54) is 12.8 Å². The van der Waals surface area contributed by atoms with E-state index in [0.29, 0.717) is 48.8 Å². The van der Waals surface area contributed by atoms with Gasteiger partial charge in [0.05, 0.1) is 24.9 Å². The fourth-order valence-electron chi connectivity index (χ4n) is 13.5. The molecule has 6 saturated carbocycles. The highest BCUT2D eigenvalue weighted by Gasteiger charge is 2.74. The van der Waals surface area contributed by atoms with Crippen LogP contribution in [-0.4, -0.2) is 58.4 Å². The number of hydrogen-bond acceptors (Lipinski definition) is 5. The smallest absolute Gasteiger partial charge is 0.409 e. The molecule has 6 fully saturated rings. The number of carbonyl (C=O) groups excluding carboxylic acids is 2. The van der Waals surface area contributed by atoms with Crippen LogP contribution in [0.5, 0.6) is 0 Å². The Kier molecular flexibility index (Phi) is 7.35. The first kappa shape index (κ1) is 32.7. The molecule has 1 unspecified atom stereocenters. The van der Waals surface area contributed by atoms with Crippen LogP contribution in [0.15, 0.2) is 54.1 Å². The van der Waals surface area contributed by atoms with Gasteiger partial charge < -0.3 is 19.8 Å². The van der Waals surface area contributed by atoms with E-state index in [1.807, 2.05) is 42.2 Å². The number of carbonyl (C=O) groups is 2. The van der Waals surface area contributed by atoms with E-state index in [9.17, 15) is 19.8 Å². The third-order valence-corrected chi connectivity index (χ3v) is 16.4. The van der Waals surface area contributed by atoms with Gasteiger partial charge in [-0.15, -0.1) is 0 Å². The van der Waals surface area contributed by atoms with Gasteiger partial charge in [-0.2, -0.15) is 0 Å². The Bertz CT molecular complexity index is 1550. The van der Waals surface area contributed by atoms with Crippen LogP contribution in [0.4, 0.5) is 4.79 Å². The maximum absolute atomic E-state index is 14.7. The lowest BCUT2D eigenvalue weighted by Gasteiger charge is -2.71. The van der Waals surface area contributed by atoms with E-state index in [-0.39, 0.29) is 47.2 Å². The van der Waals surface area contributed by atoms with Crippen molar-refractivity contribution in [1.29, 1.82) is 0 Å². The minimum atomic E-state index is -1.10. The van der Waals surface area contributed by atoms with E-state index in [2.05, 4.69) is 45.9 Å². The Morgan fingerprint density at radius 2 is 1.62 bits per heavy atom. The lowest BCUT2D eigenvalue weighted by atomic mass is 9.32. The zero-order valence-corrected chi connectivity index (χ0v) is 29.8. The van der Waals surface area contributed by atoms with Crippen molar-refractivity contribution < 1.29 is 24.5 Å². The number of allylic oxidation sites excluding steroid dienone is 4. The number of fused-ring (bicyclic) bond motifs is 3. The van der Waals surface area contributed by atoms with Gasteiger partial charge in [0, 0.05) is 33.9 Å². The number of rotatable bonds is 7. The lowest BCUT2D eigenvalue weighted by molar-refractivity contribution is -0.176. The van der Waals surface area contributed by atoms with Gasteiger partial charge in [-0.05, 0) is 112 Å². The van der Waals surface area contributed by atoms with Crippen LogP contribution >= 0.6 is 0 Å². The molecule has 2 N–H and O–H groups in total. The summed E-state index contributed by atoms with van der Waals surface area (Å²) in [5.41, 5.74) is -0.639. The number of aliphatic hydroxyl groups is 2. The number of aliphatic hydroxyl groups excluding tert-OH is 1. The lowest BCUT2D eigenvalue weighted by Crippen LogP contribution is -2.67. The van der Waals surface area contributed by atoms with Crippen LogP contribution in [-0.2, 0) is 4.74 Å². The first-order valence-corrected chi connectivity index (χ1v) is 19.1. The second-order valence-electron chi connectivity index (χ2n) is 18.3. The van der Waals surface area contributed by atoms with Gasteiger partial charge in [-0.25, -0.2) is 4.79 Å². The number of nitrogens with zero attached hydrogens (tertiary/aromatic N) is 1. The summed E-state index contributed by atoms with van der Waals surface area (Å²) in [5.74, 6) is 2.19. The summed E-state index contributed by atoms with van der Waals surface area (Å²) in [4.78, 5) is 30.3. The highest BCUT2D eigenvalue weighted by Crippen LogP contribution is 2.78. The molecule has 2 spiro atoms. The van der Waals surface area contributed by atoms with Crippen LogP contribution < -0.4 is 0 Å². The van der Waals surface area contributed by atoms with Crippen molar-refractivity contribution >= 4 is 11.9 Å². The van der Waals surface area contributed by atoms with Gasteiger partial charge in [0.15, 0.2) is 5.78 Å². The van der Waals surface area contributed by atoms with Crippen LogP contribution in [0.1, 0.15) is 109 Å². The molecule has 1 aromatic rings. The molecule has 4 bridgehead atoms. The van der Waals surface area contributed by atoms with Crippen molar-refractivity contribution in [1.82, 2.24) is 4.90 Å². The van der Waals surface area contributed by atoms with Crippen molar-refractivity contribution in [2.24, 2.45) is 56.7 Å². The van der Waals surface area contributed by atoms with Gasteiger partial charge in [0.2, 0.25) is 0 Å². The molecule has 6 nitrogen and oxygen atoms in total. The van der Waals surface area contributed by atoms with Crippen LogP contribution in [0.25, 0.3) is 0 Å². The minimum Gasteiger partial charge on any atom is -0.450 e. The first-order chi connectivity index (χ1) is 22.7. The van der Waals surface area contributed by atoms with Crippen LogP contribution in [0, 0.1) is 56.7 Å². The number of Topliss-reactive ketones (excluding diaryl/α,β-unsaturated/α-hetero) is 1. The third kappa shape index (κ3) is 4.17. The Morgan fingerprint density at radius 3 is 2.33 bits per heavy atom. The Balaban J connectivity index is 1.17. The SMILES string of the molecule is CCOC(=O)N(C[C@@H]1CC[C@H]2C[C@@H]1C2(C)C)C[C@]1(O)CC[C@H]2[C@]34C=C[C@@]5(C=C3C(=O)c3ccccc3)CC(O)CC[C@]5(C)[C@H]4CC[C@@]21C. The first-order valence-electron chi connectivity index (χ1n) is 19.1. The average Bonchev–Trinajstić information content (AvgIpc) is 3.34. The Labute approximate surface area is 287 Å². The molecule has 1 amide bonds. The summed E-state index contributed by atoms with van der Waals surface area (Å²) in [6.07, 6.45) is 15.5. The maximum atomic E-state index is 14.7. The van der Waals surface area contributed by atoms with Gasteiger partial charge >= 0.3 is 6.09 Å². The van der Waals surface area contributed by atoms with E-state index >= 15 is 0 Å². The van der Waals surface area contributed by atoms with E-state index < -0.39 is 16.4 Å². The summed E-state index contributed by atoms with van der Waals surface area (Å²) in [6, 6.07) is 9.68. The zero-order chi connectivity index (χ0) is 33.9. The van der Waals surface area contributed by atoms with Gasteiger partial charge in [0.1, 0.15) is 0 Å². The van der Waals surface area contributed by atoms with E-state index in [0.717, 1.165) is 50.0 Å². The highest BCUT2D eigenvalue weighted by molar-refractivity contribution is 6.10. The predicted octanol–water partition coefficient (Wildman–Crippen LogP) is 7.99. The monoisotopic (exact) mass is 655 g/mol. The van der Waals surface area contributed by atoms with E-state index in [4.69, 9.17) is 4.74 Å². The number of benzene rings is 1. The molecule has 10 rings (SSSR count). The Morgan fingerprint density at radius 1 is 0.917 bits per heavy atom. The molecule has 9 aliphatic carbocycles. The molecule has 9 aliphatic rings. The maximum Gasteiger partial charge on any atom is 0.409 e. The molecule has 0 radical (unpaired) electrons. The molecule has 260 valence electrons. The van der Waals surface area contributed by atoms with Gasteiger partial charge in [-0.1, -0.05) is 76.3 Å². The van der Waals surface area contributed by atoms with Crippen molar-refractivity contribution in [2.45, 2.75) is 111 Å². The summed E-state index contributed by atoms with van der Waals surface area (Å²) in [5, 5.41) is 24.0. The average molecular weight is 656 g/mol. The molecule has 1 aromatic carbocycles. The predicted molar refractivity (Wildman–Crippen MR) is 186 cm³/mol. The van der Waals surface area contributed by atoms with Crippen LogP contribution in [0.3, 0.4) is 0 Å². The van der Waals surface area contributed by atoms with Gasteiger partial charge in [0.25, 0.3) is 0 Å². The second-order valence-corrected chi connectivity index (χ2v) is 18.3. The largest absolute Gasteiger partial charge is 0.450 e. The van der Waals surface area contributed by atoms with Crippen molar-refractivity contribution in [3.05, 3.63) is 59.7 Å². The summed E-state index contributed by atoms with van der Waals surface area (Å²) in [6.45, 7) is 12.6. The topological polar surface area (TPSA) is 87.1 Å². The molecule has 0 saturated heterocycles. The summed E-state index contributed by atoms with van der Waals surface area (Å²) < 4.78 is 5.67. The summed E-state index contributed by atoms with van der Waals surface area (Å²) in [7, 11) is 0. The standard InChI is InChI=1S/C42H57NO5/c1-6-48-36(46)43(25-28-12-13-29-22-31(28)37(29,2)3)26-41(47)19-16-34-39(41,5)18-15-33-38(4)17-14-30(44)23-40(38)20-21-42(33,34)32(24-40)35(45)27-10-8-7-9-11-27/h7-11,20-21,24,28-31,33-34,44,47H,6,12-19,22-23,25-26H2,1-5H3/t28-,29-,30?,31-,33+,34+,38+,39-,40-,41+,42+/m0/s1. The van der Waals surface area contributed by atoms with Gasteiger partial charge in [-0.3, -0.25) is 4.79 Å². The number of hydrogen-bond donors (Lipinski definition) is 2. The molecular formula is C42H57NO5. The molecule has 0 aliphatic heterocycles. The Hall–Kier alpha value is -2.44. The molecule has 48 heavy (non-hydrogen) atoms. The van der Waals surface area contributed by atoms with Crippen LogP contribution in [0.2, 0.25) is 0 Å². The number of ketones is 1. The zero-order valence-electron chi connectivity index (χ0n) is 29.8. The molecular weight excluding hydrogens is 598 g/mol.